The van der Waals surface area contributed by atoms with Gasteiger partial charge in [-0.1, -0.05) is 26.7 Å². The Bertz CT molecular complexity index is 475. The lowest BCUT2D eigenvalue weighted by atomic mass is 9.93. The van der Waals surface area contributed by atoms with Crippen molar-refractivity contribution in [3.63, 3.8) is 0 Å². The molecule has 5 heteroatoms. The summed E-state index contributed by atoms with van der Waals surface area (Å²) < 4.78 is 13.8. The normalized spacial score (nSPS) is 12.8. The Kier molecular flexibility index (Phi) is 7.32. The zero-order valence-corrected chi connectivity index (χ0v) is 14.7. The molecule has 0 aromatic heterocycles. The summed E-state index contributed by atoms with van der Waals surface area (Å²) >= 11 is 3.08. The smallest absolute Gasteiger partial charge is 0.251 e. The molecule has 0 saturated carbocycles. The quantitative estimate of drug-likeness (QED) is 0.806. The monoisotopic (exact) mass is 358 g/mol. The maximum Gasteiger partial charge on any atom is 0.251 e. The third-order valence-corrected chi connectivity index (χ3v) is 4.55. The first kappa shape index (κ1) is 18.1. The lowest BCUT2D eigenvalue weighted by Gasteiger charge is -2.31. The molecule has 0 bridgehead atoms. The molecular weight excluding hydrogens is 335 g/mol. The lowest BCUT2D eigenvalue weighted by Crippen LogP contribution is -2.44. The number of likely N-dealkylation sites (N-methyl/N-ethyl adjacent to an activating group) is 1. The number of amides is 1. The van der Waals surface area contributed by atoms with Crippen LogP contribution in [-0.2, 0) is 0 Å². The van der Waals surface area contributed by atoms with Crippen molar-refractivity contribution in [2.24, 2.45) is 5.92 Å². The Labute approximate surface area is 135 Å². The second-order valence-electron chi connectivity index (χ2n) is 5.45. The molecule has 1 atom stereocenters. The molecular formula is C16H24BrFN2O. The number of carbonyl (C=O) groups is 1. The van der Waals surface area contributed by atoms with Gasteiger partial charge in [0.15, 0.2) is 0 Å². The van der Waals surface area contributed by atoms with Gasteiger partial charge in [-0.25, -0.2) is 4.39 Å². The van der Waals surface area contributed by atoms with Gasteiger partial charge in [0.1, 0.15) is 5.82 Å². The summed E-state index contributed by atoms with van der Waals surface area (Å²) in [6.07, 6.45) is 2.14. The molecule has 0 aliphatic heterocycles. The Balaban J connectivity index is 2.71. The van der Waals surface area contributed by atoms with E-state index in [2.05, 4.69) is 40.0 Å². The largest absolute Gasteiger partial charge is 0.350 e. The molecule has 1 unspecified atom stereocenters. The molecule has 0 aliphatic carbocycles. The van der Waals surface area contributed by atoms with Gasteiger partial charge in [-0.3, -0.25) is 4.79 Å². The molecule has 1 aromatic carbocycles. The molecule has 3 nitrogen and oxygen atoms in total. The molecule has 118 valence electrons. The van der Waals surface area contributed by atoms with E-state index in [1.807, 2.05) is 14.1 Å². The SMILES string of the molecule is CCC(CC)C(CNC(=O)c1ccc(Br)c(F)c1)N(C)C. The molecule has 1 aromatic rings. The third kappa shape index (κ3) is 5.08. The van der Waals surface area contributed by atoms with Gasteiger partial charge in [0, 0.05) is 18.2 Å². The summed E-state index contributed by atoms with van der Waals surface area (Å²) in [4.78, 5) is 14.3. The van der Waals surface area contributed by atoms with Crippen molar-refractivity contribution in [3.05, 3.63) is 34.1 Å². The van der Waals surface area contributed by atoms with E-state index in [-0.39, 0.29) is 11.9 Å². The zero-order valence-electron chi connectivity index (χ0n) is 13.1. The Morgan fingerprint density at radius 1 is 1.33 bits per heavy atom. The van der Waals surface area contributed by atoms with Crippen molar-refractivity contribution in [2.75, 3.05) is 20.6 Å². The van der Waals surface area contributed by atoms with Crippen LogP contribution in [0, 0.1) is 11.7 Å². The fourth-order valence-electron chi connectivity index (χ4n) is 2.54. The van der Waals surface area contributed by atoms with Crippen molar-refractivity contribution in [3.8, 4) is 0 Å². The lowest BCUT2D eigenvalue weighted by molar-refractivity contribution is 0.0928. The predicted octanol–water partition coefficient (Wildman–Crippen LogP) is 3.68. The van der Waals surface area contributed by atoms with Crippen LogP contribution in [0.3, 0.4) is 0 Å². The minimum atomic E-state index is -0.424. The predicted molar refractivity (Wildman–Crippen MR) is 88.0 cm³/mol. The molecule has 0 saturated heterocycles. The van der Waals surface area contributed by atoms with E-state index in [1.54, 1.807) is 12.1 Å². The molecule has 0 fully saturated rings. The number of nitrogens with one attached hydrogen (secondary N) is 1. The minimum Gasteiger partial charge on any atom is -0.350 e. The Morgan fingerprint density at radius 2 is 1.95 bits per heavy atom. The second kappa shape index (κ2) is 8.49. The first-order valence-electron chi connectivity index (χ1n) is 7.30. The summed E-state index contributed by atoms with van der Waals surface area (Å²) in [5, 5.41) is 2.91. The summed E-state index contributed by atoms with van der Waals surface area (Å²) in [5.41, 5.74) is 0.345. The van der Waals surface area contributed by atoms with Gasteiger partial charge in [0.25, 0.3) is 5.91 Å². The minimum absolute atomic E-state index is 0.237. The van der Waals surface area contributed by atoms with Crippen LogP contribution < -0.4 is 5.32 Å². The Hall–Kier alpha value is -0.940. The van der Waals surface area contributed by atoms with E-state index < -0.39 is 5.82 Å². The highest BCUT2D eigenvalue weighted by Gasteiger charge is 2.21. The van der Waals surface area contributed by atoms with Crippen molar-refractivity contribution >= 4 is 21.8 Å². The number of nitrogens with zero attached hydrogens (tertiary/aromatic N) is 1. The van der Waals surface area contributed by atoms with Gasteiger partial charge in [-0.05, 0) is 54.1 Å². The van der Waals surface area contributed by atoms with Crippen molar-refractivity contribution in [1.82, 2.24) is 10.2 Å². The zero-order chi connectivity index (χ0) is 16.0. The highest BCUT2D eigenvalue weighted by atomic mass is 79.9. The summed E-state index contributed by atoms with van der Waals surface area (Å²) in [7, 11) is 4.04. The molecule has 0 spiro atoms. The van der Waals surface area contributed by atoms with E-state index in [0.717, 1.165) is 12.8 Å². The first-order valence-corrected chi connectivity index (χ1v) is 8.09. The number of benzene rings is 1. The fourth-order valence-corrected chi connectivity index (χ4v) is 2.79. The van der Waals surface area contributed by atoms with E-state index in [0.29, 0.717) is 22.5 Å². The topological polar surface area (TPSA) is 32.3 Å². The molecule has 1 N–H and O–H groups in total. The molecule has 1 rings (SSSR count). The third-order valence-electron chi connectivity index (χ3n) is 3.91. The molecule has 0 aliphatic rings. The van der Waals surface area contributed by atoms with Crippen LogP contribution in [0.25, 0.3) is 0 Å². The number of hydrogen-bond donors (Lipinski definition) is 1. The van der Waals surface area contributed by atoms with Crippen molar-refractivity contribution < 1.29 is 9.18 Å². The van der Waals surface area contributed by atoms with Crippen LogP contribution in [0.1, 0.15) is 37.0 Å². The maximum absolute atomic E-state index is 13.5. The van der Waals surface area contributed by atoms with Crippen LogP contribution in [0.15, 0.2) is 22.7 Å². The van der Waals surface area contributed by atoms with Crippen LogP contribution in [0.5, 0.6) is 0 Å². The van der Waals surface area contributed by atoms with Gasteiger partial charge in [0.05, 0.1) is 4.47 Å². The van der Waals surface area contributed by atoms with E-state index in [9.17, 15) is 9.18 Å². The number of halogens is 2. The van der Waals surface area contributed by atoms with Crippen LogP contribution >= 0.6 is 15.9 Å². The summed E-state index contributed by atoms with van der Waals surface area (Å²) in [5.74, 6) is -0.132. The summed E-state index contributed by atoms with van der Waals surface area (Å²) in [6, 6.07) is 4.70. The Morgan fingerprint density at radius 3 is 2.43 bits per heavy atom. The molecule has 21 heavy (non-hydrogen) atoms. The highest BCUT2D eigenvalue weighted by molar-refractivity contribution is 9.10. The van der Waals surface area contributed by atoms with Gasteiger partial charge in [0.2, 0.25) is 0 Å². The highest BCUT2D eigenvalue weighted by Crippen LogP contribution is 2.18. The van der Waals surface area contributed by atoms with Crippen LogP contribution in [-0.4, -0.2) is 37.5 Å². The van der Waals surface area contributed by atoms with Crippen molar-refractivity contribution in [2.45, 2.75) is 32.7 Å². The van der Waals surface area contributed by atoms with Gasteiger partial charge in [-0.2, -0.15) is 0 Å². The first-order chi connectivity index (χ1) is 9.90. The average molecular weight is 359 g/mol. The van der Waals surface area contributed by atoms with Gasteiger partial charge < -0.3 is 10.2 Å². The number of rotatable bonds is 7. The number of hydrogen-bond acceptors (Lipinski definition) is 2. The van der Waals surface area contributed by atoms with Crippen LogP contribution in [0.2, 0.25) is 0 Å². The summed E-state index contributed by atoms with van der Waals surface area (Å²) in [6.45, 7) is 4.89. The van der Waals surface area contributed by atoms with E-state index in [1.165, 1.54) is 6.07 Å². The van der Waals surface area contributed by atoms with Crippen molar-refractivity contribution in [1.29, 1.82) is 0 Å². The maximum atomic E-state index is 13.5. The second-order valence-corrected chi connectivity index (χ2v) is 6.30. The van der Waals surface area contributed by atoms with E-state index in [4.69, 9.17) is 0 Å². The molecule has 0 heterocycles. The van der Waals surface area contributed by atoms with E-state index >= 15 is 0 Å². The van der Waals surface area contributed by atoms with Gasteiger partial charge in [-0.15, -0.1) is 0 Å². The average Bonchev–Trinajstić information content (AvgIpc) is 2.45. The van der Waals surface area contributed by atoms with Crippen LogP contribution in [0.4, 0.5) is 4.39 Å². The molecule has 1 amide bonds. The standard InChI is InChI=1S/C16H24BrFN2O/c1-5-11(6-2)15(20(3)4)10-19-16(21)12-7-8-13(17)14(18)9-12/h7-9,11,15H,5-6,10H2,1-4H3,(H,19,21). The fraction of sp³-hybridized carbons (Fsp3) is 0.562. The number of carbonyl (C=O) groups excluding carboxylic acids is 1. The molecule has 0 radical (unpaired) electrons. The van der Waals surface area contributed by atoms with Gasteiger partial charge >= 0.3 is 0 Å².